The highest BCUT2D eigenvalue weighted by Crippen LogP contribution is 2.33. The molecule has 34 heavy (non-hydrogen) atoms. The Hall–Kier alpha value is -3.09. The van der Waals surface area contributed by atoms with E-state index in [4.69, 9.17) is 14.2 Å². The molecular formula is C28H27F3O3. The maximum absolute atomic E-state index is 15.0. The van der Waals surface area contributed by atoms with E-state index in [1.165, 1.54) is 18.2 Å². The molecule has 178 valence electrons. The largest absolute Gasteiger partial charge is 0.490 e. The molecule has 3 aromatic rings. The average molecular weight is 469 g/mol. The predicted molar refractivity (Wildman–Crippen MR) is 126 cm³/mol. The second-order valence-corrected chi connectivity index (χ2v) is 8.16. The molecule has 0 N–H and O–H groups in total. The zero-order valence-electron chi connectivity index (χ0n) is 19.2. The second-order valence-electron chi connectivity index (χ2n) is 8.16. The van der Waals surface area contributed by atoms with Gasteiger partial charge in [0.15, 0.2) is 17.9 Å². The zero-order valence-corrected chi connectivity index (χ0v) is 19.2. The zero-order chi connectivity index (χ0) is 24.1. The first kappa shape index (κ1) is 24.0. The van der Waals surface area contributed by atoms with Gasteiger partial charge in [-0.2, -0.15) is 4.39 Å². The molecule has 0 aliphatic carbocycles. The van der Waals surface area contributed by atoms with Crippen LogP contribution in [0.2, 0.25) is 0 Å². The van der Waals surface area contributed by atoms with E-state index in [0.29, 0.717) is 42.9 Å². The Kier molecular flexibility index (Phi) is 7.70. The van der Waals surface area contributed by atoms with Crippen LogP contribution in [0.4, 0.5) is 13.2 Å². The number of hydrogen-bond donors (Lipinski definition) is 0. The molecule has 1 fully saturated rings. The van der Waals surface area contributed by atoms with Crippen LogP contribution in [-0.4, -0.2) is 26.1 Å². The van der Waals surface area contributed by atoms with Crippen molar-refractivity contribution < 1.29 is 27.4 Å². The van der Waals surface area contributed by atoms with Gasteiger partial charge in [-0.1, -0.05) is 49.4 Å². The van der Waals surface area contributed by atoms with Gasteiger partial charge < -0.3 is 14.2 Å². The van der Waals surface area contributed by atoms with Crippen LogP contribution in [0.3, 0.4) is 0 Å². The van der Waals surface area contributed by atoms with Gasteiger partial charge in [0, 0.05) is 17.0 Å². The summed E-state index contributed by atoms with van der Waals surface area (Å²) in [4.78, 5) is 0. The van der Waals surface area contributed by atoms with E-state index in [1.54, 1.807) is 30.3 Å². The molecule has 6 heteroatoms. The van der Waals surface area contributed by atoms with Crippen LogP contribution in [0.25, 0.3) is 22.3 Å². The molecule has 0 bridgehead atoms. The van der Waals surface area contributed by atoms with Gasteiger partial charge in [0.2, 0.25) is 5.82 Å². The van der Waals surface area contributed by atoms with E-state index in [9.17, 15) is 13.2 Å². The third-order valence-corrected chi connectivity index (χ3v) is 5.75. The number of allylic oxidation sites excluding steroid dienone is 1. The van der Waals surface area contributed by atoms with Crippen molar-refractivity contribution in [1.29, 1.82) is 0 Å². The molecule has 0 saturated carbocycles. The van der Waals surface area contributed by atoms with Crippen LogP contribution in [0.1, 0.15) is 31.7 Å². The lowest BCUT2D eigenvalue weighted by atomic mass is 9.95. The first-order valence-corrected chi connectivity index (χ1v) is 11.4. The van der Waals surface area contributed by atoms with Crippen LogP contribution in [0.15, 0.2) is 66.7 Å². The van der Waals surface area contributed by atoms with Crippen molar-refractivity contribution in [3.63, 3.8) is 0 Å². The lowest BCUT2D eigenvalue weighted by molar-refractivity contribution is -0.159. The van der Waals surface area contributed by atoms with Crippen molar-refractivity contribution in [1.82, 2.24) is 0 Å². The molecule has 0 radical (unpaired) electrons. The summed E-state index contributed by atoms with van der Waals surface area (Å²) in [5.41, 5.74) is 2.49. The fraction of sp³-hybridized carbons (Fsp3) is 0.286. The molecular weight excluding hydrogens is 441 g/mol. The van der Waals surface area contributed by atoms with E-state index < -0.39 is 11.6 Å². The number of rotatable bonds is 7. The van der Waals surface area contributed by atoms with Crippen LogP contribution >= 0.6 is 0 Å². The van der Waals surface area contributed by atoms with Crippen molar-refractivity contribution in [2.24, 2.45) is 0 Å². The smallest absolute Gasteiger partial charge is 0.201 e. The number of benzene rings is 3. The predicted octanol–water partition coefficient (Wildman–Crippen LogP) is 7.26. The topological polar surface area (TPSA) is 27.7 Å². The van der Waals surface area contributed by atoms with Gasteiger partial charge in [0.25, 0.3) is 0 Å². The molecule has 0 atom stereocenters. The normalized spacial score (nSPS) is 18.4. The van der Waals surface area contributed by atoms with Crippen molar-refractivity contribution in [3.05, 3.63) is 89.8 Å². The van der Waals surface area contributed by atoms with Gasteiger partial charge >= 0.3 is 0 Å². The molecule has 0 unspecified atom stereocenters. The standard InChI is InChI=1S/C28H27F3O3/c1-3-5-26-33-16-21(17-34-26)20-10-11-22(24(29)15-20)18-6-8-19(9-7-18)23-12-13-25(32-14-4-2)28(31)27(23)30/h3,5-13,15,21,26H,4,14,16-17H2,1-2H3/b5-3+. The average Bonchev–Trinajstić information content (AvgIpc) is 2.86. The van der Waals surface area contributed by atoms with Crippen LogP contribution in [-0.2, 0) is 9.47 Å². The summed E-state index contributed by atoms with van der Waals surface area (Å²) in [6.45, 7) is 5.00. The van der Waals surface area contributed by atoms with E-state index >= 15 is 0 Å². The van der Waals surface area contributed by atoms with Gasteiger partial charge in [-0.3, -0.25) is 0 Å². The Morgan fingerprint density at radius 1 is 0.882 bits per heavy atom. The maximum atomic E-state index is 15.0. The molecule has 0 spiro atoms. The number of halogens is 3. The minimum Gasteiger partial charge on any atom is -0.490 e. The summed E-state index contributed by atoms with van der Waals surface area (Å²) >= 11 is 0. The molecule has 1 aliphatic heterocycles. The molecule has 1 aliphatic rings. The summed E-state index contributed by atoms with van der Waals surface area (Å²) in [7, 11) is 0. The monoisotopic (exact) mass is 468 g/mol. The van der Waals surface area contributed by atoms with Gasteiger partial charge in [-0.15, -0.1) is 0 Å². The van der Waals surface area contributed by atoms with Crippen molar-refractivity contribution >= 4 is 0 Å². The van der Waals surface area contributed by atoms with Gasteiger partial charge in [-0.25, -0.2) is 8.78 Å². The summed E-state index contributed by atoms with van der Waals surface area (Å²) in [6, 6.07) is 14.7. The van der Waals surface area contributed by atoms with Crippen LogP contribution in [0, 0.1) is 17.5 Å². The third-order valence-electron chi connectivity index (χ3n) is 5.75. The lowest BCUT2D eigenvalue weighted by Gasteiger charge is -2.28. The maximum Gasteiger partial charge on any atom is 0.201 e. The number of hydrogen-bond acceptors (Lipinski definition) is 3. The summed E-state index contributed by atoms with van der Waals surface area (Å²) in [6.07, 6.45) is 4.04. The highest BCUT2D eigenvalue weighted by molar-refractivity contribution is 5.71. The van der Waals surface area contributed by atoms with E-state index in [0.717, 1.165) is 5.56 Å². The van der Waals surface area contributed by atoms with Gasteiger partial charge in [0.05, 0.1) is 19.8 Å². The van der Waals surface area contributed by atoms with Gasteiger partial charge in [-0.05, 0) is 54.3 Å². The minimum atomic E-state index is -1.01. The molecule has 1 heterocycles. The Bertz CT molecular complexity index is 1150. The molecule has 4 rings (SSSR count). The lowest BCUT2D eigenvalue weighted by Crippen LogP contribution is -2.29. The number of ether oxygens (including phenoxy) is 3. The van der Waals surface area contributed by atoms with Crippen molar-refractivity contribution in [3.8, 4) is 28.0 Å². The molecule has 3 aromatic carbocycles. The summed E-state index contributed by atoms with van der Waals surface area (Å²) in [5, 5.41) is 0. The third kappa shape index (κ3) is 5.18. The van der Waals surface area contributed by atoms with E-state index in [2.05, 4.69) is 0 Å². The summed E-state index contributed by atoms with van der Waals surface area (Å²) < 4.78 is 60.4. The molecule has 0 aromatic heterocycles. The Balaban J connectivity index is 1.51. The Labute approximate surface area is 197 Å². The fourth-order valence-electron chi connectivity index (χ4n) is 3.91. The molecule has 3 nitrogen and oxygen atoms in total. The van der Waals surface area contributed by atoms with E-state index in [1.807, 2.05) is 32.1 Å². The first-order chi connectivity index (χ1) is 16.5. The van der Waals surface area contributed by atoms with Gasteiger partial charge in [0.1, 0.15) is 5.82 Å². The summed E-state index contributed by atoms with van der Waals surface area (Å²) in [5.74, 6) is -2.49. The fourth-order valence-corrected chi connectivity index (χ4v) is 3.91. The van der Waals surface area contributed by atoms with E-state index in [-0.39, 0.29) is 29.3 Å². The molecule has 1 saturated heterocycles. The SMILES string of the molecule is C/C=C/C1OCC(c2ccc(-c3ccc(-c4ccc(OCCC)c(F)c4F)cc3)c(F)c2)CO1. The Morgan fingerprint density at radius 2 is 1.53 bits per heavy atom. The highest BCUT2D eigenvalue weighted by Gasteiger charge is 2.23. The highest BCUT2D eigenvalue weighted by atomic mass is 19.2. The van der Waals surface area contributed by atoms with Crippen molar-refractivity contribution in [2.75, 3.05) is 19.8 Å². The minimum absolute atomic E-state index is 0.0467. The Morgan fingerprint density at radius 3 is 2.15 bits per heavy atom. The van der Waals surface area contributed by atoms with Crippen LogP contribution in [0.5, 0.6) is 5.75 Å². The van der Waals surface area contributed by atoms with Crippen molar-refractivity contribution in [2.45, 2.75) is 32.5 Å². The first-order valence-electron chi connectivity index (χ1n) is 11.4. The molecule has 0 amide bonds. The quantitative estimate of drug-likeness (QED) is 0.342. The second kappa shape index (κ2) is 10.9. The van der Waals surface area contributed by atoms with Crippen LogP contribution < -0.4 is 4.74 Å².